The number of alkyl halides is 3. The predicted octanol–water partition coefficient (Wildman–Crippen LogP) is 4.46. The zero-order chi connectivity index (χ0) is 20.3. The summed E-state index contributed by atoms with van der Waals surface area (Å²) in [6, 6.07) is 9.67. The van der Waals surface area contributed by atoms with Crippen molar-refractivity contribution in [1.82, 2.24) is 4.90 Å². The van der Waals surface area contributed by atoms with Crippen LogP contribution < -0.4 is 4.74 Å². The lowest BCUT2D eigenvalue weighted by atomic mass is 10.1. The van der Waals surface area contributed by atoms with Crippen LogP contribution in [0.2, 0.25) is 0 Å². The molecule has 0 aliphatic carbocycles. The van der Waals surface area contributed by atoms with Crippen LogP contribution in [0.3, 0.4) is 0 Å². The summed E-state index contributed by atoms with van der Waals surface area (Å²) in [5, 5.41) is 0. The van der Waals surface area contributed by atoms with Crippen molar-refractivity contribution in [3.8, 4) is 5.75 Å². The highest BCUT2D eigenvalue weighted by atomic mass is 19.4. The number of para-hydroxylation sites is 1. The number of amides is 2. The summed E-state index contributed by atoms with van der Waals surface area (Å²) < 4.78 is 59.3. The average Bonchev–Trinajstić information content (AvgIpc) is 3.02. The highest BCUT2D eigenvalue weighted by molar-refractivity contribution is 6.02. The van der Waals surface area contributed by atoms with Crippen molar-refractivity contribution in [3.05, 3.63) is 71.6 Å². The first-order chi connectivity index (χ1) is 13.2. The summed E-state index contributed by atoms with van der Waals surface area (Å²) in [4.78, 5) is 25.2. The Hall–Kier alpha value is -3.36. The fraction of sp³-hybridized carbons (Fsp3) is 0.158. The number of ether oxygens (including phenoxy) is 2. The molecule has 3 rings (SSSR count). The number of rotatable bonds is 4. The first-order valence-corrected chi connectivity index (χ1v) is 8.03. The Morgan fingerprint density at radius 3 is 2.50 bits per heavy atom. The van der Waals surface area contributed by atoms with E-state index in [0.29, 0.717) is 5.56 Å². The van der Waals surface area contributed by atoms with Gasteiger partial charge in [-0.15, -0.1) is 13.2 Å². The van der Waals surface area contributed by atoms with Crippen LogP contribution in [0.5, 0.6) is 5.75 Å². The van der Waals surface area contributed by atoms with Crippen molar-refractivity contribution in [3.63, 3.8) is 0 Å². The zero-order valence-electron chi connectivity index (χ0n) is 14.2. The highest BCUT2D eigenvalue weighted by Crippen LogP contribution is 2.30. The molecule has 1 unspecified atom stereocenters. The molecular formula is C19H13F4NO4. The molecule has 5 nitrogen and oxygen atoms in total. The van der Waals surface area contributed by atoms with Crippen LogP contribution in [0, 0.1) is 5.82 Å². The van der Waals surface area contributed by atoms with Gasteiger partial charge in [0.05, 0.1) is 0 Å². The number of hydrogen-bond donors (Lipinski definition) is 0. The maximum atomic E-state index is 13.1. The van der Waals surface area contributed by atoms with E-state index in [9.17, 15) is 27.2 Å². The highest BCUT2D eigenvalue weighted by Gasteiger charge is 2.38. The van der Waals surface area contributed by atoms with E-state index in [4.69, 9.17) is 4.74 Å². The molecule has 1 fully saturated rings. The molecule has 2 amide bonds. The second kappa shape index (κ2) is 7.71. The zero-order valence-corrected chi connectivity index (χ0v) is 14.2. The van der Waals surface area contributed by atoms with Gasteiger partial charge in [-0.25, -0.2) is 14.1 Å². The lowest BCUT2D eigenvalue weighted by Gasteiger charge is -2.18. The Kier molecular flexibility index (Phi) is 5.34. The van der Waals surface area contributed by atoms with Crippen LogP contribution in [0.4, 0.5) is 22.4 Å². The van der Waals surface area contributed by atoms with E-state index in [1.807, 2.05) is 0 Å². The molecule has 0 aromatic heterocycles. The van der Waals surface area contributed by atoms with Gasteiger partial charge < -0.3 is 9.47 Å². The van der Waals surface area contributed by atoms with Gasteiger partial charge in [0.25, 0.3) is 5.91 Å². The molecule has 0 N–H and O–H groups in total. The summed E-state index contributed by atoms with van der Waals surface area (Å²) in [7, 11) is 0. The maximum Gasteiger partial charge on any atom is 0.573 e. The van der Waals surface area contributed by atoms with E-state index in [-0.39, 0.29) is 12.2 Å². The topological polar surface area (TPSA) is 55.8 Å². The molecule has 9 heteroatoms. The molecule has 0 spiro atoms. The summed E-state index contributed by atoms with van der Waals surface area (Å²) >= 11 is 0. The second-order valence-corrected chi connectivity index (χ2v) is 5.77. The van der Waals surface area contributed by atoms with Gasteiger partial charge in [0, 0.05) is 11.6 Å². The molecule has 0 bridgehead atoms. The number of imide groups is 1. The first kappa shape index (κ1) is 19.4. The van der Waals surface area contributed by atoms with E-state index in [1.54, 1.807) is 0 Å². The van der Waals surface area contributed by atoms with Crippen LogP contribution in [0.15, 0.2) is 54.6 Å². The van der Waals surface area contributed by atoms with Crippen LogP contribution in [-0.4, -0.2) is 29.9 Å². The number of halogens is 4. The Bertz CT molecular complexity index is 909. The van der Waals surface area contributed by atoms with Crippen molar-refractivity contribution in [1.29, 1.82) is 0 Å². The molecule has 28 heavy (non-hydrogen) atoms. The van der Waals surface area contributed by atoms with Gasteiger partial charge in [-0.1, -0.05) is 30.3 Å². The predicted molar refractivity (Wildman–Crippen MR) is 89.5 cm³/mol. The molecule has 0 radical (unpaired) electrons. The van der Waals surface area contributed by atoms with E-state index >= 15 is 0 Å². The van der Waals surface area contributed by atoms with Crippen molar-refractivity contribution in [2.45, 2.75) is 12.4 Å². The van der Waals surface area contributed by atoms with E-state index in [0.717, 1.165) is 23.1 Å². The van der Waals surface area contributed by atoms with Crippen molar-refractivity contribution in [2.75, 3.05) is 6.61 Å². The largest absolute Gasteiger partial charge is 0.573 e. The third-order valence-electron chi connectivity index (χ3n) is 3.92. The quantitative estimate of drug-likeness (QED) is 0.567. The molecule has 1 saturated heterocycles. The minimum atomic E-state index is -4.89. The molecule has 2 aromatic carbocycles. The second-order valence-electron chi connectivity index (χ2n) is 5.77. The number of carbonyl (C=O) groups excluding carboxylic acids is 2. The van der Waals surface area contributed by atoms with Crippen LogP contribution in [0.25, 0.3) is 6.08 Å². The van der Waals surface area contributed by atoms with E-state index in [1.165, 1.54) is 42.5 Å². The normalized spacial score (nSPS) is 17.1. The van der Waals surface area contributed by atoms with Gasteiger partial charge in [0.2, 0.25) is 0 Å². The number of nitrogens with zero attached hydrogens (tertiary/aromatic N) is 1. The summed E-state index contributed by atoms with van der Waals surface area (Å²) in [5.74, 6) is -1.76. The fourth-order valence-corrected chi connectivity index (χ4v) is 2.67. The SMILES string of the molecule is O=C(/C=C/c1ccccc1OC(F)(F)F)N1C(=O)OCC1c1ccc(F)cc1. The minimum absolute atomic E-state index is 0.000860. The number of carbonyl (C=O) groups is 2. The Labute approximate surface area is 156 Å². The maximum absolute atomic E-state index is 13.1. The smallest absolute Gasteiger partial charge is 0.446 e. The number of benzene rings is 2. The van der Waals surface area contributed by atoms with E-state index in [2.05, 4.69) is 4.74 Å². The third kappa shape index (κ3) is 4.48. The number of cyclic esters (lactones) is 1. The lowest BCUT2D eigenvalue weighted by molar-refractivity contribution is -0.274. The van der Waals surface area contributed by atoms with Gasteiger partial charge in [-0.05, 0) is 29.8 Å². The monoisotopic (exact) mass is 395 g/mol. The fourth-order valence-electron chi connectivity index (χ4n) is 2.67. The molecule has 1 atom stereocenters. The molecular weight excluding hydrogens is 382 g/mol. The molecule has 146 valence electrons. The minimum Gasteiger partial charge on any atom is -0.446 e. The van der Waals surface area contributed by atoms with Crippen LogP contribution in [0.1, 0.15) is 17.2 Å². The third-order valence-corrected chi connectivity index (χ3v) is 3.92. The van der Waals surface area contributed by atoms with Gasteiger partial charge in [0.15, 0.2) is 0 Å². The van der Waals surface area contributed by atoms with Crippen molar-refractivity contribution >= 4 is 18.1 Å². The summed E-state index contributed by atoms with van der Waals surface area (Å²) in [5.41, 5.74) is 0.480. The van der Waals surface area contributed by atoms with Gasteiger partial charge in [-0.3, -0.25) is 4.79 Å². The Morgan fingerprint density at radius 1 is 1.14 bits per heavy atom. The van der Waals surface area contributed by atoms with Gasteiger partial charge in [-0.2, -0.15) is 0 Å². The average molecular weight is 395 g/mol. The van der Waals surface area contributed by atoms with Crippen molar-refractivity contribution < 1.29 is 36.6 Å². The molecule has 1 heterocycles. The van der Waals surface area contributed by atoms with Crippen molar-refractivity contribution in [2.24, 2.45) is 0 Å². The Balaban J connectivity index is 1.81. The van der Waals surface area contributed by atoms with E-state index < -0.39 is 36.0 Å². The summed E-state index contributed by atoms with van der Waals surface area (Å²) in [6.45, 7) is -0.113. The van der Waals surface area contributed by atoms with Gasteiger partial charge in [0.1, 0.15) is 24.2 Å². The standard InChI is InChI=1S/C19H13F4NO4/c20-14-8-5-12(6-9-14)15-11-27-18(26)24(15)17(25)10-7-13-3-1-2-4-16(13)28-19(21,22)23/h1-10,15H,11H2/b10-7+. The first-order valence-electron chi connectivity index (χ1n) is 8.03. The molecule has 1 aliphatic rings. The van der Waals surface area contributed by atoms with Crippen LogP contribution in [-0.2, 0) is 9.53 Å². The molecule has 1 aliphatic heterocycles. The lowest BCUT2D eigenvalue weighted by Crippen LogP contribution is -2.32. The molecule has 2 aromatic rings. The molecule has 0 saturated carbocycles. The van der Waals surface area contributed by atoms with Crippen LogP contribution >= 0.6 is 0 Å². The summed E-state index contributed by atoms with van der Waals surface area (Å²) in [6.07, 6.45) is -3.73. The Morgan fingerprint density at radius 2 is 1.82 bits per heavy atom. The number of hydrogen-bond acceptors (Lipinski definition) is 4. The van der Waals surface area contributed by atoms with Gasteiger partial charge >= 0.3 is 12.5 Å².